The lowest BCUT2D eigenvalue weighted by Gasteiger charge is -2.49. The molecule has 2 aliphatic rings. The van der Waals surface area contributed by atoms with Gasteiger partial charge in [0, 0.05) is 6.54 Å². The summed E-state index contributed by atoms with van der Waals surface area (Å²) in [5, 5.41) is 3.06. The van der Waals surface area contributed by atoms with Gasteiger partial charge in [0.15, 0.2) is 0 Å². The molecule has 1 amide bonds. The van der Waals surface area contributed by atoms with Gasteiger partial charge in [0.25, 0.3) is 0 Å². The van der Waals surface area contributed by atoms with Gasteiger partial charge < -0.3 is 10.2 Å². The largest absolute Gasteiger partial charge is 0.357 e. The number of hydrogen-bond donors (Lipinski definition) is 1. The van der Waals surface area contributed by atoms with Crippen molar-refractivity contribution in [1.29, 1.82) is 0 Å². The minimum Gasteiger partial charge on any atom is -0.357 e. The summed E-state index contributed by atoms with van der Waals surface area (Å²) in [4.78, 5) is 14.6. The van der Waals surface area contributed by atoms with Crippen molar-refractivity contribution in [2.45, 2.75) is 39.7 Å². The molecule has 1 fully saturated rings. The molecule has 2 aliphatic heterocycles. The first-order valence-electron chi connectivity index (χ1n) is 6.67. The van der Waals surface area contributed by atoms with Crippen LogP contribution in [-0.4, -0.2) is 18.5 Å². The molecule has 0 bridgehead atoms. The third-order valence-electron chi connectivity index (χ3n) is 4.24. The Hall–Kier alpha value is -1.51. The zero-order valence-electron chi connectivity index (χ0n) is 11.3. The Morgan fingerprint density at radius 3 is 2.94 bits per heavy atom. The Labute approximate surface area is 108 Å². The number of aryl methyl sites for hydroxylation is 1. The van der Waals surface area contributed by atoms with Gasteiger partial charge >= 0.3 is 0 Å². The molecule has 1 saturated heterocycles. The molecular weight excluding hydrogens is 224 g/mol. The Morgan fingerprint density at radius 1 is 1.39 bits per heavy atom. The maximum absolute atomic E-state index is 12.3. The number of nitrogens with zero attached hydrogens (tertiary/aromatic N) is 1. The van der Waals surface area contributed by atoms with Gasteiger partial charge in [-0.2, -0.15) is 0 Å². The highest BCUT2D eigenvalue weighted by Gasteiger charge is 2.45. The SMILES string of the molecule is Cc1ccc2c(c1)N1CCCC(C)(C)C1C(=O)N2. The molecule has 3 heteroatoms. The van der Waals surface area contributed by atoms with E-state index in [4.69, 9.17) is 0 Å². The van der Waals surface area contributed by atoms with Crippen LogP contribution >= 0.6 is 0 Å². The van der Waals surface area contributed by atoms with Crippen molar-refractivity contribution in [3.05, 3.63) is 23.8 Å². The smallest absolute Gasteiger partial charge is 0.247 e. The van der Waals surface area contributed by atoms with Crippen molar-refractivity contribution in [2.24, 2.45) is 5.41 Å². The number of nitrogens with one attached hydrogen (secondary N) is 1. The summed E-state index contributed by atoms with van der Waals surface area (Å²) in [6.07, 6.45) is 2.27. The van der Waals surface area contributed by atoms with E-state index in [2.05, 4.69) is 43.1 Å². The van der Waals surface area contributed by atoms with Crippen LogP contribution in [0.25, 0.3) is 0 Å². The second-order valence-electron chi connectivity index (χ2n) is 6.20. The van der Waals surface area contributed by atoms with Crippen molar-refractivity contribution < 1.29 is 4.79 Å². The van der Waals surface area contributed by atoms with Gasteiger partial charge in [-0.1, -0.05) is 19.9 Å². The van der Waals surface area contributed by atoms with E-state index < -0.39 is 0 Å². The van der Waals surface area contributed by atoms with Crippen LogP contribution in [0.4, 0.5) is 11.4 Å². The maximum atomic E-state index is 12.3. The number of rotatable bonds is 0. The molecule has 1 aromatic carbocycles. The van der Waals surface area contributed by atoms with Crippen LogP contribution in [0.2, 0.25) is 0 Å². The first-order valence-corrected chi connectivity index (χ1v) is 6.67. The Morgan fingerprint density at radius 2 is 2.17 bits per heavy atom. The zero-order chi connectivity index (χ0) is 12.9. The second kappa shape index (κ2) is 3.74. The molecule has 1 aromatic rings. The molecule has 0 spiro atoms. The molecule has 18 heavy (non-hydrogen) atoms. The molecule has 1 unspecified atom stereocenters. The monoisotopic (exact) mass is 244 g/mol. The van der Waals surface area contributed by atoms with Crippen LogP contribution in [0.1, 0.15) is 32.3 Å². The summed E-state index contributed by atoms with van der Waals surface area (Å²) in [5.41, 5.74) is 3.43. The van der Waals surface area contributed by atoms with Crippen molar-refractivity contribution in [3.63, 3.8) is 0 Å². The summed E-state index contributed by atoms with van der Waals surface area (Å²) in [6, 6.07) is 6.22. The third-order valence-corrected chi connectivity index (χ3v) is 4.24. The number of benzene rings is 1. The van der Waals surface area contributed by atoms with E-state index in [1.165, 1.54) is 11.3 Å². The summed E-state index contributed by atoms with van der Waals surface area (Å²) in [6.45, 7) is 7.48. The Balaban J connectivity index is 2.11. The standard InChI is InChI=1S/C15H20N2O/c1-10-5-6-11-12(9-10)17-8-4-7-15(2,3)13(17)14(18)16-11/h5-6,9,13H,4,7-8H2,1-3H3,(H,16,18). The number of carbonyl (C=O) groups is 1. The van der Waals surface area contributed by atoms with Crippen molar-refractivity contribution >= 4 is 17.3 Å². The number of piperidine rings is 1. The molecule has 96 valence electrons. The summed E-state index contributed by atoms with van der Waals surface area (Å²) < 4.78 is 0. The average Bonchev–Trinajstić information content (AvgIpc) is 2.29. The van der Waals surface area contributed by atoms with E-state index in [1.807, 2.05) is 6.07 Å². The lowest BCUT2D eigenvalue weighted by Crippen LogP contribution is -2.58. The third kappa shape index (κ3) is 1.61. The first kappa shape index (κ1) is 11.6. The normalized spacial score (nSPS) is 25.2. The number of anilines is 2. The van der Waals surface area contributed by atoms with E-state index in [1.54, 1.807) is 0 Å². The van der Waals surface area contributed by atoms with Crippen LogP contribution in [-0.2, 0) is 4.79 Å². The van der Waals surface area contributed by atoms with E-state index >= 15 is 0 Å². The first-order chi connectivity index (χ1) is 8.49. The van der Waals surface area contributed by atoms with Gasteiger partial charge in [0.1, 0.15) is 6.04 Å². The summed E-state index contributed by atoms with van der Waals surface area (Å²) >= 11 is 0. The van der Waals surface area contributed by atoms with E-state index in [0.717, 1.165) is 25.1 Å². The molecule has 0 radical (unpaired) electrons. The highest BCUT2D eigenvalue weighted by Crippen LogP contribution is 2.43. The van der Waals surface area contributed by atoms with Gasteiger partial charge in [0.2, 0.25) is 5.91 Å². The van der Waals surface area contributed by atoms with Gasteiger partial charge in [-0.15, -0.1) is 0 Å². The van der Waals surface area contributed by atoms with E-state index in [9.17, 15) is 4.79 Å². The molecule has 2 heterocycles. The number of fused-ring (bicyclic) bond motifs is 3. The Kier molecular flexibility index (Phi) is 2.40. The number of amides is 1. The van der Waals surface area contributed by atoms with Crippen LogP contribution in [0.3, 0.4) is 0 Å². The van der Waals surface area contributed by atoms with Gasteiger partial charge in [-0.25, -0.2) is 0 Å². The Bertz CT molecular complexity index is 507. The topological polar surface area (TPSA) is 32.3 Å². The lowest BCUT2D eigenvalue weighted by atomic mass is 9.75. The van der Waals surface area contributed by atoms with Crippen LogP contribution in [0.5, 0.6) is 0 Å². The zero-order valence-corrected chi connectivity index (χ0v) is 11.3. The van der Waals surface area contributed by atoms with Gasteiger partial charge in [-0.3, -0.25) is 4.79 Å². The van der Waals surface area contributed by atoms with Gasteiger partial charge in [0.05, 0.1) is 11.4 Å². The predicted molar refractivity (Wildman–Crippen MR) is 74.0 cm³/mol. The fraction of sp³-hybridized carbons (Fsp3) is 0.533. The molecule has 0 saturated carbocycles. The molecule has 3 rings (SSSR count). The lowest BCUT2D eigenvalue weighted by molar-refractivity contribution is -0.120. The molecule has 0 aromatic heterocycles. The highest BCUT2D eigenvalue weighted by molar-refractivity contribution is 6.04. The molecule has 0 aliphatic carbocycles. The van der Waals surface area contributed by atoms with Crippen LogP contribution in [0, 0.1) is 12.3 Å². The molecule has 3 nitrogen and oxygen atoms in total. The minimum atomic E-state index is -0.0273. The summed E-state index contributed by atoms with van der Waals surface area (Å²) in [5.74, 6) is 0.149. The number of hydrogen-bond acceptors (Lipinski definition) is 2. The maximum Gasteiger partial charge on any atom is 0.247 e. The van der Waals surface area contributed by atoms with Gasteiger partial charge in [-0.05, 0) is 42.9 Å². The molecule has 1 atom stereocenters. The van der Waals surface area contributed by atoms with E-state index in [0.29, 0.717) is 0 Å². The van der Waals surface area contributed by atoms with Crippen molar-refractivity contribution in [3.8, 4) is 0 Å². The van der Waals surface area contributed by atoms with Crippen molar-refractivity contribution in [2.75, 3.05) is 16.8 Å². The average molecular weight is 244 g/mol. The molecular formula is C15H20N2O. The fourth-order valence-electron chi connectivity index (χ4n) is 3.33. The highest BCUT2D eigenvalue weighted by atomic mass is 16.2. The van der Waals surface area contributed by atoms with Crippen LogP contribution < -0.4 is 10.2 Å². The van der Waals surface area contributed by atoms with Crippen LogP contribution in [0.15, 0.2) is 18.2 Å². The fourth-order valence-corrected chi connectivity index (χ4v) is 3.33. The quantitative estimate of drug-likeness (QED) is 0.761. The minimum absolute atomic E-state index is 0.0273. The second-order valence-corrected chi connectivity index (χ2v) is 6.20. The number of carbonyl (C=O) groups excluding carboxylic acids is 1. The van der Waals surface area contributed by atoms with E-state index in [-0.39, 0.29) is 17.4 Å². The predicted octanol–water partition coefficient (Wildman–Crippen LogP) is 2.94. The molecule has 1 N–H and O–H groups in total. The summed E-state index contributed by atoms with van der Waals surface area (Å²) in [7, 11) is 0. The van der Waals surface area contributed by atoms with Crippen molar-refractivity contribution in [1.82, 2.24) is 0 Å².